The molecule has 2 aromatic carbocycles. The van der Waals surface area contributed by atoms with Crippen molar-refractivity contribution in [1.29, 1.82) is 5.26 Å². The van der Waals surface area contributed by atoms with Crippen molar-refractivity contribution in [1.82, 2.24) is 5.32 Å². The summed E-state index contributed by atoms with van der Waals surface area (Å²) in [6.45, 7) is 1.66. The van der Waals surface area contributed by atoms with Crippen molar-refractivity contribution in [3.63, 3.8) is 0 Å². The van der Waals surface area contributed by atoms with Gasteiger partial charge in [-0.3, -0.25) is 4.90 Å². The number of hydrogen-bond acceptors (Lipinski definition) is 2. The zero-order chi connectivity index (χ0) is 18.9. The Bertz CT molecular complexity index is 911. The van der Waals surface area contributed by atoms with Gasteiger partial charge in [-0.05, 0) is 48.9 Å². The Kier molecular flexibility index (Phi) is 4.43. The third-order valence-electron chi connectivity index (χ3n) is 4.07. The molecule has 0 saturated carbocycles. The first-order valence-electron chi connectivity index (χ1n) is 7.76. The molecule has 1 aliphatic rings. The maximum absolute atomic E-state index is 12.9. The molecule has 1 heterocycles. The summed E-state index contributed by atoms with van der Waals surface area (Å²) in [6, 6.07) is 12.5. The summed E-state index contributed by atoms with van der Waals surface area (Å²) >= 11 is 0. The highest BCUT2D eigenvalue weighted by molar-refractivity contribution is 5.96. The minimum atomic E-state index is -4.48. The van der Waals surface area contributed by atoms with Gasteiger partial charge in [-0.25, -0.2) is 4.79 Å². The lowest BCUT2D eigenvalue weighted by molar-refractivity contribution is -0.137. The average Bonchev–Trinajstić information content (AvgIpc) is 2.61. The van der Waals surface area contributed by atoms with Crippen LogP contribution in [0.25, 0.3) is 0 Å². The highest BCUT2D eigenvalue weighted by Crippen LogP contribution is 2.34. The Hall–Kier alpha value is -3.27. The highest BCUT2D eigenvalue weighted by Gasteiger charge is 2.32. The fourth-order valence-corrected chi connectivity index (χ4v) is 2.80. The molecule has 4 nitrogen and oxygen atoms in total. The molecular weight excluding hydrogens is 343 g/mol. The molecular formula is C19H14F3N3O. The normalized spacial score (nSPS) is 17.3. The van der Waals surface area contributed by atoms with Crippen molar-refractivity contribution in [3.05, 3.63) is 77.0 Å². The molecule has 0 spiro atoms. The molecule has 1 N–H and O–H groups in total. The molecule has 1 aliphatic heterocycles. The van der Waals surface area contributed by atoms with Gasteiger partial charge < -0.3 is 5.32 Å². The van der Waals surface area contributed by atoms with Crippen LogP contribution < -0.4 is 10.2 Å². The molecule has 1 unspecified atom stereocenters. The molecule has 0 saturated heterocycles. The number of nitrogens with zero attached hydrogens (tertiary/aromatic N) is 2. The smallest absolute Gasteiger partial charge is 0.327 e. The molecule has 0 aliphatic carbocycles. The van der Waals surface area contributed by atoms with Gasteiger partial charge in [-0.15, -0.1) is 0 Å². The fraction of sp³-hybridized carbons (Fsp3) is 0.158. The lowest BCUT2D eigenvalue weighted by Gasteiger charge is -2.32. The lowest BCUT2D eigenvalue weighted by Crippen LogP contribution is -2.44. The Labute approximate surface area is 148 Å². The number of carbonyl (C=O) groups is 1. The number of urea groups is 1. The number of benzene rings is 2. The molecule has 0 bridgehead atoms. The van der Waals surface area contributed by atoms with Crippen molar-refractivity contribution in [2.24, 2.45) is 0 Å². The Morgan fingerprint density at radius 3 is 2.42 bits per heavy atom. The summed E-state index contributed by atoms with van der Waals surface area (Å²) < 4.78 is 38.8. The number of allylic oxidation sites excluding steroid dienone is 1. The Balaban J connectivity index is 1.92. The SMILES string of the molecule is CC1=CC(c2ccc(C#N)cc2)NC(=O)N1c1cccc(C(F)(F)F)c1. The summed E-state index contributed by atoms with van der Waals surface area (Å²) in [7, 11) is 0. The maximum atomic E-state index is 12.9. The van der Waals surface area contributed by atoms with Crippen molar-refractivity contribution in [3.8, 4) is 6.07 Å². The summed E-state index contributed by atoms with van der Waals surface area (Å²) in [6.07, 6.45) is -2.73. The molecule has 0 fully saturated rings. The second-order valence-corrected chi connectivity index (χ2v) is 5.85. The molecule has 26 heavy (non-hydrogen) atoms. The van der Waals surface area contributed by atoms with Crippen LogP contribution in [0.3, 0.4) is 0 Å². The molecule has 2 amide bonds. The number of nitrogens with one attached hydrogen (secondary N) is 1. The van der Waals surface area contributed by atoms with Crippen molar-refractivity contribution < 1.29 is 18.0 Å². The first-order chi connectivity index (χ1) is 12.3. The number of amides is 2. The van der Waals surface area contributed by atoms with E-state index in [-0.39, 0.29) is 5.69 Å². The van der Waals surface area contributed by atoms with Gasteiger partial charge in [-0.1, -0.05) is 18.2 Å². The van der Waals surface area contributed by atoms with Gasteiger partial charge in [-0.2, -0.15) is 18.4 Å². The number of hydrogen-bond donors (Lipinski definition) is 1. The molecule has 7 heteroatoms. The van der Waals surface area contributed by atoms with Crippen LogP contribution in [0.2, 0.25) is 0 Å². The van der Waals surface area contributed by atoms with E-state index >= 15 is 0 Å². The van der Waals surface area contributed by atoms with E-state index in [1.165, 1.54) is 17.0 Å². The number of nitriles is 1. The first-order valence-corrected chi connectivity index (χ1v) is 7.76. The number of carbonyl (C=O) groups excluding carboxylic acids is 1. The van der Waals surface area contributed by atoms with Crippen LogP contribution in [0.15, 0.2) is 60.3 Å². The van der Waals surface area contributed by atoms with E-state index in [4.69, 9.17) is 5.26 Å². The van der Waals surface area contributed by atoms with E-state index in [1.54, 1.807) is 37.3 Å². The quantitative estimate of drug-likeness (QED) is 0.843. The van der Waals surface area contributed by atoms with Gasteiger partial charge in [0.05, 0.1) is 28.9 Å². The van der Waals surface area contributed by atoms with Gasteiger partial charge in [0.1, 0.15) is 0 Å². The minimum absolute atomic E-state index is 0.143. The van der Waals surface area contributed by atoms with E-state index < -0.39 is 23.8 Å². The van der Waals surface area contributed by atoms with E-state index in [0.717, 1.165) is 17.7 Å². The number of halogens is 3. The van der Waals surface area contributed by atoms with Crippen molar-refractivity contribution in [2.45, 2.75) is 19.1 Å². The molecule has 0 radical (unpaired) electrons. The highest BCUT2D eigenvalue weighted by atomic mass is 19.4. The van der Waals surface area contributed by atoms with E-state index in [0.29, 0.717) is 11.3 Å². The number of anilines is 1. The molecule has 3 rings (SSSR count). The predicted molar refractivity (Wildman–Crippen MR) is 90.1 cm³/mol. The summed E-state index contributed by atoms with van der Waals surface area (Å²) in [4.78, 5) is 13.7. The number of alkyl halides is 3. The third-order valence-corrected chi connectivity index (χ3v) is 4.07. The van der Waals surface area contributed by atoms with Crippen molar-refractivity contribution in [2.75, 3.05) is 4.90 Å². The van der Waals surface area contributed by atoms with E-state index in [1.807, 2.05) is 6.07 Å². The van der Waals surface area contributed by atoms with Gasteiger partial charge in [0.25, 0.3) is 0 Å². The monoisotopic (exact) mass is 357 g/mol. The van der Waals surface area contributed by atoms with Crippen LogP contribution >= 0.6 is 0 Å². The molecule has 132 valence electrons. The Morgan fingerprint density at radius 1 is 1.15 bits per heavy atom. The Morgan fingerprint density at radius 2 is 1.85 bits per heavy atom. The third kappa shape index (κ3) is 3.40. The predicted octanol–water partition coefficient (Wildman–Crippen LogP) is 4.75. The number of rotatable bonds is 2. The first kappa shape index (κ1) is 17.5. The summed E-state index contributed by atoms with van der Waals surface area (Å²) in [5.74, 6) is 0. The van der Waals surface area contributed by atoms with Crippen LogP contribution in [-0.2, 0) is 6.18 Å². The van der Waals surface area contributed by atoms with Gasteiger partial charge >= 0.3 is 12.2 Å². The second-order valence-electron chi connectivity index (χ2n) is 5.85. The summed E-state index contributed by atoms with van der Waals surface area (Å²) in [5.41, 5.74) is 1.12. The molecule has 1 atom stereocenters. The minimum Gasteiger partial charge on any atom is -0.327 e. The van der Waals surface area contributed by atoms with Gasteiger partial charge in [0.2, 0.25) is 0 Å². The van der Waals surface area contributed by atoms with E-state index in [2.05, 4.69) is 5.32 Å². The van der Waals surface area contributed by atoms with Crippen LogP contribution in [0.4, 0.5) is 23.7 Å². The fourth-order valence-electron chi connectivity index (χ4n) is 2.80. The maximum Gasteiger partial charge on any atom is 0.416 e. The molecule has 2 aromatic rings. The largest absolute Gasteiger partial charge is 0.416 e. The molecule has 0 aromatic heterocycles. The summed E-state index contributed by atoms with van der Waals surface area (Å²) in [5, 5.41) is 11.6. The van der Waals surface area contributed by atoms with Crippen LogP contribution in [-0.4, -0.2) is 6.03 Å². The van der Waals surface area contributed by atoms with Crippen molar-refractivity contribution >= 4 is 11.7 Å². The van der Waals surface area contributed by atoms with Crippen LogP contribution in [0.5, 0.6) is 0 Å². The van der Waals surface area contributed by atoms with Crippen LogP contribution in [0.1, 0.15) is 29.7 Å². The van der Waals surface area contributed by atoms with Crippen LogP contribution in [0, 0.1) is 11.3 Å². The zero-order valence-corrected chi connectivity index (χ0v) is 13.7. The van der Waals surface area contributed by atoms with Gasteiger partial charge in [0, 0.05) is 5.70 Å². The standard InChI is InChI=1S/C19H14F3N3O/c1-12-9-17(14-7-5-13(11-23)6-8-14)24-18(26)25(12)16-4-2-3-15(10-16)19(20,21)22/h2-10,17H,1H3,(H,24,26). The van der Waals surface area contributed by atoms with Gasteiger partial charge in [0.15, 0.2) is 0 Å². The topological polar surface area (TPSA) is 56.1 Å². The van der Waals surface area contributed by atoms with E-state index in [9.17, 15) is 18.0 Å². The average molecular weight is 357 g/mol. The lowest BCUT2D eigenvalue weighted by atomic mass is 10.0. The second kappa shape index (κ2) is 6.56. The zero-order valence-electron chi connectivity index (χ0n) is 13.7.